The molecule has 0 saturated carbocycles. The normalized spacial score (nSPS) is 10.7. The quantitative estimate of drug-likeness (QED) is 0.644. The van der Waals surface area contributed by atoms with Crippen molar-refractivity contribution in [3.05, 3.63) is 41.7 Å². The second-order valence-corrected chi connectivity index (χ2v) is 3.38. The lowest BCUT2D eigenvalue weighted by Gasteiger charge is -2.00. The van der Waals surface area contributed by atoms with Crippen LogP contribution >= 0.6 is 0 Å². The Bertz CT molecular complexity index is 272. The molecular weight excluding hydrogens is 172 g/mol. The van der Waals surface area contributed by atoms with Crippen LogP contribution in [0.5, 0.6) is 0 Å². The molecule has 0 fully saturated rings. The van der Waals surface area contributed by atoms with Crippen molar-refractivity contribution < 1.29 is 4.74 Å². The average molecular weight is 190 g/mol. The predicted molar refractivity (Wildman–Crippen MR) is 61.1 cm³/mol. The highest BCUT2D eigenvalue weighted by Gasteiger charge is 1.91. The minimum Gasteiger partial charge on any atom is -0.504 e. The van der Waals surface area contributed by atoms with Gasteiger partial charge in [0.05, 0.1) is 13.4 Å². The van der Waals surface area contributed by atoms with Gasteiger partial charge in [-0.2, -0.15) is 0 Å². The third kappa shape index (κ3) is 3.65. The number of hydrogen-bond acceptors (Lipinski definition) is 1. The molecule has 0 atom stereocenters. The molecule has 0 amide bonds. The molecule has 0 bridgehead atoms. The lowest BCUT2D eigenvalue weighted by atomic mass is 10.1. The van der Waals surface area contributed by atoms with E-state index in [9.17, 15) is 0 Å². The maximum Gasteiger partial charge on any atom is 0.0830 e. The highest BCUT2D eigenvalue weighted by Crippen LogP contribution is 2.08. The number of ether oxygens (including phenoxy) is 1. The minimum atomic E-state index is 1.19. The molecule has 0 radical (unpaired) electrons. The van der Waals surface area contributed by atoms with Crippen LogP contribution in [0.2, 0.25) is 0 Å². The molecule has 0 saturated heterocycles. The van der Waals surface area contributed by atoms with Crippen LogP contribution in [0, 0.1) is 0 Å². The summed E-state index contributed by atoms with van der Waals surface area (Å²) in [6.07, 6.45) is 7.37. The first-order valence-corrected chi connectivity index (χ1v) is 5.15. The molecule has 1 heteroatoms. The van der Waals surface area contributed by atoms with E-state index < -0.39 is 0 Å². The van der Waals surface area contributed by atoms with Crippen molar-refractivity contribution in [1.82, 2.24) is 0 Å². The van der Waals surface area contributed by atoms with Crippen LogP contribution in [0.3, 0.4) is 0 Å². The molecule has 0 unspecified atom stereocenters. The molecule has 0 spiro atoms. The summed E-state index contributed by atoms with van der Waals surface area (Å²) in [6, 6.07) is 8.62. The fourth-order valence-electron chi connectivity index (χ4n) is 1.32. The zero-order valence-corrected chi connectivity index (χ0v) is 8.99. The summed E-state index contributed by atoms with van der Waals surface area (Å²) in [5.41, 5.74) is 2.61. The summed E-state index contributed by atoms with van der Waals surface area (Å²) in [6.45, 7) is 2.22. The SMILES string of the molecule is CCCCc1ccc(/C=C/OC)cc1. The van der Waals surface area contributed by atoms with Gasteiger partial charge in [-0.15, -0.1) is 0 Å². The van der Waals surface area contributed by atoms with Crippen LogP contribution in [0.4, 0.5) is 0 Å². The van der Waals surface area contributed by atoms with Crippen molar-refractivity contribution in [1.29, 1.82) is 0 Å². The van der Waals surface area contributed by atoms with Crippen molar-refractivity contribution in [2.24, 2.45) is 0 Å². The first-order chi connectivity index (χ1) is 6.86. The molecule has 0 aliphatic heterocycles. The molecule has 0 aromatic heterocycles. The van der Waals surface area contributed by atoms with Crippen LogP contribution in [-0.4, -0.2) is 7.11 Å². The molecule has 0 aliphatic carbocycles. The highest BCUT2D eigenvalue weighted by atomic mass is 16.5. The Morgan fingerprint density at radius 1 is 1.21 bits per heavy atom. The van der Waals surface area contributed by atoms with E-state index >= 15 is 0 Å². The zero-order chi connectivity index (χ0) is 10.2. The summed E-state index contributed by atoms with van der Waals surface area (Å²) in [7, 11) is 1.66. The van der Waals surface area contributed by atoms with E-state index in [0.717, 1.165) is 0 Å². The van der Waals surface area contributed by atoms with Crippen molar-refractivity contribution >= 4 is 6.08 Å². The third-order valence-corrected chi connectivity index (χ3v) is 2.20. The van der Waals surface area contributed by atoms with Crippen LogP contribution < -0.4 is 0 Å². The van der Waals surface area contributed by atoms with Gasteiger partial charge in [0.25, 0.3) is 0 Å². The number of hydrogen-bond donors (Lipinski definition) is 0. The van der Waals surface area contributed by atoms with E-state index in [1.165, 1.54) is 30.4 Å². The molecular formula is C13H18O. The molecule has 0 N–H and O–H groups in total. The van der Waals surface area contributed by atoms with Gasteiger partial charge in [-0.25, -0.2) is 0 Å². The average Bonchev–Trinajstić information content (AvgIpc) is 2.25. The van der Waals surface area contributed by atoms with Crippen molar-refractivity contribution in [3.8, 4) is 0 Å². The van der Waals surface area contributed by atoms with Gasteiger partial charge in [0.15, 0.2) is 0 Å². The van der Waals surface area contributed by atoms with Gasteiger partial charge >= 0.3 is 0 Å². The van der Waals surface area contributed by atoms with Crippen molar-refractivity contribution in [3.63, 3.8) is 0 Å². The van der Waals surface area contributed by atoms with Crippen molar-refractivity contribution in [2.45, 2.75) is 26.2 Å². The summed E-state index contributed by atoms with van der Waals surface area (Å²) in [5, 5.41) is 0. The van der Waals surface area contributed by atoms with E-state index in [1.807, 2.05) is 6.08 Å². The van der Waals surface area contributed by atoms with Crippen LogP contribution in [0.15, 0.2) is 30.5 Å². The Kier molecular flexibility index (Phi) is 4.84. The smallest absolute Gasteiger partial charge is 0.0830 e. The Balaban J connectivity index is 2.54. The molecule has 14 heavy (non-hydrogen) atoms. The second kappa shape index (κ2) is 6.25. The van der Waals surface area contributed by atoms with Crippen molar-refractivity contribution in [2.75, 3.05) is 7.11 Å². The predicted octanol–water partition coefficient (Wildman–Crippen LogP) is 3.65. The van der Waals surface area contributed by atoms with Gasteiger partial charge in [-0.3, -0.25) is 0 Å². The van der Waals surface area contributed by atoms with Gasteiger partial charge in [0, 0.05) is 0 Å². The molecule has 1 aromatic rings. The van der Waals surface area contributed by atoms with Gasteiger partial charge in [-0.1, -0.05) is 37.6 Å². The Morgan fingerprint density at radius 2 is 1.93 bits per heavy atom. The Hall–Kier alpha value is -1.24. The van der Waals surface area contributed by atoms with Gasteiger partial charge in [-0.05, 0) is 30.0 Å². The van der Waals surface area contributed by atoms with E-state index in [1.54, 1.807) is 13.4 Å². The van der Waals surface area contributed by atoms with Crippen LogP contribution in [-0.2, 0) is 11.2 Å². The molecule has 0 heterocycles. The number of unbranched alkanes of at least 4 members (excludes halogenated alkanes) is 1. The lowest BCUT2D eigenvalue weighted by molar-refractivity contribution is 0.341. The fourth-order valence-corrected chi connectivity index (χ4v) is 1.32. The molecule has 0 aliphatic rings. The highest BCUT2D eigenvalue weighted by molar-refractivity contribution is 5.48. The first-order valence-electron chi connectivity index (χ1n) is 5.15. The molecule has 1 rings (SSSR count). The van der Waals surface area contributed by atoms with Crippen LogP contribution in [0.25, 0.3) is 6.08 Å². The largest absolute Gasteiger partial charge is 0.504 e. The minimum absolute atomic E-state index is 1.19. The van der Waals surface area contributed by atoms with E-state index in [-0.39, 0.29) is 0 Å². The monoisotopic (exact) mass is 190 g/mol. The van der Waals surface area contributed by atoms with E-state index in [0.29, 0.717) is 0 Å². The summed E-state index contributed by atoms with van der Waals surface area (Å²) in [5.74, 6) is 0. The number of rotatable bonds is 5. The summed E-state index contributed by atoms with van der Waals surface area (Å²) < 4.78 is 4.86. The Morgan fingerprint density at radius 3 is 2.50 bits per heavy atom. The maximum absolute atomic E-state index is 4.86. The summed E-state index contributed by atoms with van der Waals surface area (Å²) in [4.78, 5) is 0. The Labute approximate surface area is 86.4 Å². The van der Waals surface area contributed by atoms with E-state index in [2.05, 4.69) is 31.2 Å². The van der Waals surface area contributed by atoms with Gasteiger partial charge in [0.2, 0.25) is 0 Å². The number of aryl methyl sites for hydroxylation is 1. The summed E-state index contributed by atoms with van der Waals surface area (Å²) >= 11 is 0. The molecule has 76 valence electrons. The topological polar surface area (TPSA) is 9.23 Å². The number of benzene rings is 1. The molecule has 1 nitrogen and oxygen atoms in total. The standard InChI is InChI=1S/C13H18O/c1-3-4-5-12-6-8-13(9-7-12)10-11-14-2/h6-11H,3-5H2,1-2H3/b11-10+. The second-order valence-electron chi connectivity index (χ2n) is 3.38. The lowest BCUT2D eigenvalue weighted by Crippen LogP contribution is -1.84. The zero-order valence-electron chi connectivity index (χ0n) is 8.99. The van der Waals surface area contributed by atoms with Gasteiger partial charge < -0.3 is 4.74 Å². The first kappa shape index (κ1) is 10.8. The third-order valence-electron chi connectivity index (χ3n) is 2.20. The molecule has 1 aromatic carbocycles. The van der Waals surface area contributed by atoms with Crippen LogP contribution in [0.1, 0.15) is 30.9 Å². The van der Waals surface area contributed by atoms with E-state index in [4.69, 9.17) is 4.74 Å². The maximum atomic E-state index is 4.86. The fraction of sp³-hybridized carbons (Fsp3) is 0.385. The number of methoxy groups -OCH3 is 1. The van der Waals surface area contributed by atoms with Gasteiger partial charge in [0.1, 0.15) is 0 Å².